The van der Waals surface area contributed by atoms with E-state index in [1.807, 2.05) is 6.07 Å². The summed E-state index contributed by atoms with van der Waals surface area (Å²) in [4.78, 5) is 11.7. The van der Waals surface area contributed by atoms with Crippen LogP contribution in [-0.2, 0) is 9.53 Å². The molecule has 4 heteroatoms. The van der Waals surface area contributed by atoms with Gasteiger partial charge >= 0.3 is 5.97 Å². The lowest BCUT2D eigenvalue weighted by Gasteiger charge is -2.24. The lowest BCUT2D eigenvalue weighted by Crippen LogP contribution is -2.40. The molecule has 0 bridgehead atoms. The van der Waals surface area contributed by atoms with Crippen molar-refractivity contribution in [1.29, 1.82) is 5.26 Å². The monoisotopic (exact) mass is 196 g/mol. The first-order valence-electron chi connectivity index (χ1n) is 4.70. The van der Waals surface area contributed by atoms with E-state index >= 15 is 0 Å². The second-order valence-corrected chi connectivity index (χ2v) is 4.76. The van der Waals surface area contributed by atoms with Gasteiger partial charge in [0.15, 0.2) is 0 Å². The molecule has 1 aliphatic rings. The number of ether oxygens (including phenoxy) is 1. The van der Waals surface area contributed by atoms with Gasteiger partial charge in [-0.05, 0) is 33.6 Å². The summed E-state index contributed by atoms with van der Waals surface area (Å²) in [5, 5.41) is 8.67. The average molecular weight is 196 g/mol. The van der Waals surface area contributed by atoms with Crippen molar-refractivity contribution in [2.24, 2.45) is 11.1 Å². The smallest absolute Gasteiger partial charge is 0.315 e. The predicted octanol–water partition coefficient (Wildman–Crippen LogP) is 0.959. The number of carbonyl (C=O) groups excluding carboxylic acids is 1. The molecule has 2 N–H and O–H groups in total. The van der Waals surface area contributed by atoms with Crippen molar-refractivity contribution in [2.75, 3.05) is 0 Å². The first-order chi connectivity index (χ1) is 6.32. The highest BCUT2D eigenvalue weighted by Crippen LogP contribution is 2.49. The molecular weight excluding hydrogens is 180 g/mol. The number of nitriles is 1. The highest BCUT2D eigenvalue weighted by molar-refractivity contribution is 5.81. The molecule has 1 rings (SSSR count). The molecule has 78 valence electrons. The van der Waals surface area contributed by atoms with E-state index in [4.69, 9.17) is 15.7 Å². The maximum atomic E-state index is 11.7. The Labute approximate surface area is 84.0 Å². The Balaban J connectivity index is 2.67. The minimum Gasteiger partial charge on any atom is -0.459 e. The van der Waals surface area contributed by atoms with Crippen LogP contribution in [0.5, 0.6) is 0 Å². The highest BCUT2D eigenvalue weighted by atomic mass is 16.6. The summed E-state index contributed by atoms with van der Waals surface area (Å²) in [5.74, 6) is -0.334. The average Bonchev–Trinajstić information content (AvgIpc) is 2.80. The van der Waals surface area contributed by atoms with Gasteiger partial charge in [-0.15, -0.1) is 0 Å². The van der Waals surface area contributed by atoms with Crippen LogP contribution in [0, 0.1) is 16.7 Å². The molecule has 1 saturated carbocycles. The summed E-state index contributed by atoms with van der Waals surface area (Å²) in [6.45, 7) is 5.41. The van der Waals surface area contributed by atoms with Crippen molar-refractivity contribution in [3.8, 4) is 6.07 Å². The van der Waals surface area contributed by atoms with Crippen molar-refractivity contribution in [3.05, 3.63) is 0 Å². The molecule has 0 aromatic heterocycles. The maximum Gasteiger partial charge on any atom is 0.315 e. The van der Waals surface area contributed by atoms with Crippen LogP contribution in [-0.4, -0.2) is 17.6 Å². The fourth-order valence-corrected chi connectivity index (χ4v) is 1.28. The van der Waals surface area contributed by atoms with Crippen LogP contribution in [0.15, 0.2) is 0 Å². The number of nitrogens with zero attached hydrogens (tertiary/aromatic N) is 1. The summed E-state index contributed by atoms with van der Waals surface area (Å²) >= 11 is 0. The summed E-state index contributed by atoms with van der Waals surface area (Å²) in [5.41, 5.74) is 4.34. The van der Waals surface area contributed by atoms with Crippen LogP contribution < -0.4 is 5.73 Å². The van der Waals surface area contributed by atoms with Gasteiger partial charge in [0, 0.05) is 0 Å². The standard InChI is InChI=1S/C10H16N2O2/c1-9(2,3)14-8(13)10(4-5-10)7(12)6-11/h7H,4-5,12H2,1-3H3. The van der Waals surface area contributed by atoms with Gasteiger partial charge in [-0.2, -0.15) is 5.26 Å². The summed E-state index contributed by atoms with van der Waals surface area (Å²) < 4.78 is 5.22. The topological polar surface area (TPSA) is 76.1 Å². The van der Waals surface area contributed by atoms with Crippen molar-refractivity contribution >= 4 is 5.97 Å². The molecular formula is C10H16N2O2. The van der Waals surface area contributed by atoms with E-state index in [0.29, 0.717) is 12.8 Å². The zero-order valence-corrected chi connectivity index (χ0v) is 8.83. The van der Waals surface area contributed by atoms with E-state index in [-0.39, 0.29) is 5.97 Å². The maximum absolute atomic E-state index is 11.7. The number of hydrogen-bond donors (Lipinski definition) is 1. The Hall–Kier alpha value is -1.08. The lowest BCUT2D eigenvalue weighted by molar-refractivity contribution is -0.162. The van der Waals surface area contributed by atoms with E-state index in [1.54, 1.807) is 20.8 Å². The van der Waals surface area contributed by atoms with Gasteiger partial charge in [0.1, 0.15) is 11.6 Å². The van der Waals surface area contributed by atoms with Crippen molar-refractivity contribution in [1.82, 2.24) is 0 Å². The number of rotatable bonds is 2. The van der Waals surface area contributed by atoms with E-state index in [1.165, 1.54) is 0 Å². The van der Waals surface area contributed by atoms with Crippen LogP contribution in [0.2, 0.25) is 0 Å². The molecule has 0 heterocycles. The van der Waals surface area contributed by atoms with Gasteiger partial charge in [-0.1, -0.05) is 0 Å². The highest BCUT2D eigenvalue weighted by Gasteiger charge is 2.57. The molecule has 0 aromatic rings. The van der Waals surface area contributed by atoms with Gasteiger partial charge in [0.25, 0.3) is 0 Å². The zero-order chi connectivity index (χ0) is 11.0. The second kappa shape index (κ2) is 3.25. The number of hydrogen-bond acceptors (Lipinski definition) is 4. The van der Waals surface area contributed by atoms with E-state index in [0.717, 1.165) is 0 Å². The van der Waals surface area contributed by atoms with Crippen molar-refractivity contribution in [3.63, 3.8) is 0 Å². The Morgan fingerprint density at radius 2 is 2.07 bits per heavy atom. The van der Waals surface area contributed by atoms with Crippen LogP contribution in [0.1, 0.15) is 33.6 Å². The molecule has 0 radical (unpaired) electrons. The van der Waals surface area contributed by atoms with Gasteiger partial charge in [-0.25, -0.2) is 0 Å². The van der Waals surface area contributed by atoms with Crippen molar-refractivity contribution in [2.45, 2.75) is 45.3 Å². The Bertz CT molecular complexity index is 281. The second-order valence-electron chi connectivity index (χ2n) is 4.76. The third-order valence-electron chi connectivity index (χ3n) is 2.33. The lowest BCUT2D eigenvalue weighted by atomic mass is 9.98. The van der Waals surface area contributed by atoms with Gasteiger partial charge in [0.2, 0.25) is 0 Å². The molecule has 0 amide bonds. The Kier molecular flexibility index (Phi) is 2.55. The summed E-state index contributed by atoms with van der Waals surface area (Å²) in [6.07, 6.45) is 1.33. The largest absolute Gasteiger partial charge is 0.459 e. The zero-order valence-electron chi connectivity index (χ0n) is 8.83. The normalized spacial score (nSPS) is 20.8. The van der Waals surface area contributed by atoms with Crippen LogP contribution >= 0.6 is 0 Å². The molecule has 14 heavy (non-hydrogen) atoms. The summed E-state index contributed by atoms with van der Waals surface area (Å²) in [6, 6.07) is 1.17. The SMILES string of the molecule is CC(C)(C)OC(=O)C1(C(N)C#N)CC1. The molecule has 0 aromatic carbocycles. The minimum absolute atomic E-state index is 0.334. The fraction of sp³-hybridized carbons (Fsp3) is 0.800. The molecule has 1 atom stereocenters. The molecule has 0 spiro atoms. The first-order valence-corrected chi connectivity index (χ1v) is 4.70. The molecule has 0 aliphatic heterocycles. The number of nitrogens with two attached hydrogens (primary N) is 1. The quantitative estimate of drug-likeness (QED) is 0.667. The third-order valence-corrected chi connectivity index (χ3v) is 2.33. The van der Waals surface area contributed by atoms with E-state index < -0.39 is 17.1 Å². The fourth-order valence-electron chi connectivity index (χ4n) is 1.28. The van der Waals surface area contributed by atoms with E-state index in [2.05, 4.69) is 0 Å². The minimum atomic E-state index is -0.739. The number of esters is 1. The Morgan fingerprint density at radius 3 is 2.36 bits per heavy atom. The van der Waals surface area contributed by atoms with Gasteiger partial charge in [0.05, 0.1) is 11.5 Å². The van der Waals surface area contributed by atoms with Crippen molar-refractivity contribution < 1.29 is 9.53 Å². The van der Waals surface area contributed by atoms with Crippen LogP contribution in [0.4, 0.5) is 0 Å². The molecule has 4 nitrogen and oxygen atoms in total. The summed E-state index contributed by atoms with van der Waals surface area (Å²) in [7, 11) is 0. The van der Waals surface area contributed by atoms with E-state index in [9.17, 15) is 4.79 Å². The Morgan fingerprint density at radius 1 is 1.57 bits per heavy atom. The molecule has 1 fully saturated rings. The van der Waals surface area contributed by atoms with Gasteiger partial charge < -0.3 is 10.5 Å². The molecule has 1 aliphatic carbocycles. The molecule has 1 unspecified atom stereocenters. The number of carbonyl (C=O) groups is 1. The molecule has 0 saturated heterocycles. The van der Waals surface area contributed by atoms with Crippen LogP contribution in [0.3, 0.4) is 0 Å². The van der Waals surface area contributed by atoms with Gasteiger partial charge in [-0.3, -0.25) is 4.79 Å². The third kappa shape index (κ3) is 2.05. The predicted molar refractivity (Wildman–Crippen MR) is 51.1 cm³/mol. The first kappa shape index (κ1) is 11.0. The van der Waals surface area contributed by atoms with Crippen LogP contribution in [0.25, 0.3) is 0 Å².